The van der Waals surface area contributed by atoms with E-state index >= 15 is 0 Å². The van der Waals surface area contributed by atoms with Crippen LogP contribution >= 0.6 is 0 Å². The zero-order chi connectivity index (χ0) is 20.0. The van der Waals surface area contributed by atoms with Crippen LogP contribution in [0.5, 0.6) is 11.5 Å². The quantitative estimate of drug-likeness (QED) is 0.439. The van der Waals surface area contributed by atoms with E-state index in [-0.39, 0.29) is 17.2 Å². The van der Waals surface area contributed by atoms with Crippen molar-refractivity contribution in [2.24, 2.45) is 0 Å². The number of phenols is 1. The van der Waals surface area contributed by atoms with Gasteiger partial charge in [0.25, 0.3) is 5.91 Å². The van der Waals surface area contributed by atoms with Gasteiger partial charge in [-0.25, -0.2) is 0 Å². The van der Waals surface area contributed by atoms with Crippen molar-refractivity contribution < 1.29 is 14.6 Å². The van der Waals surface area contributed by atoms with Gasteiger partial charge in [0.05, 0.1) is 6.61 Å². The lowest BCUT2D eigenvalue weighted by atomic mass is 9.95. The number of carbonyl (C=O) groups is 1. The molecule has 0 spiro atoms. The fourth-order valence-corrected chi connectivity index (χ4v) is 2.65. The molecule has 1 amide bonds. The van der Waals surface area contributed by atoms with Crippen molar-refractivity contribution in [3.63, 3.8) is 0 Å². The van der Waals surface area contributed by atoms with E-state index in [0.717, 1.165) is 22.4 Å². The zero-order valence-electron chi connectivity index (χ0n) is 16.0. The van der Waals surface area contributed by atoms with Crippen LogP contribution in [0.25, 0.3) is 6.08 Å². The van der Waals surface area contributed by atoms with Crippen LogP contribution in [-0.4, -0.2) is 17.6 Å². The van der Waals surface area contributed by atoms with Crippen LogP contribution < -0.4 is 10.1 Å². The monoisotopic (exact) mass is 364 g/mol. The lowest BCUT2D eigenvalue weighted by Gasteiger charge is -2.16. The molecule has 0 saturated heterocycles. The largest absolute Gasteiger partial charge is 0.508 e. The Morgan fingerprint density at radius 1 is 1.30 bits per heavy atom. The van der Waals surface area contributed by atoms with Crippen molar-refractivity contribution >= 4 is 17.7 Å². The predicted octanol–water partition coefficient (Wildman–Crippen LogP) is 4.77. The molecule has 5 heteroatoms. The van der Waals surface area contributed by atoms with Crippen LogP contribution in [0.2, 0.25) is 0 Å². The van der Waals surface area contributed by atoms with Gasteiger partial charge in [0.15, 0.2) is 0 Å². The topological polar surface area (TPSA) is 82.3 Å². The Morgan fingerprint density at radius 3 is 2.52 bits per heavy atom. The summed E-state index contributed by atoms with van der Waals surface area (Å²) in [6.07, 6.45) is 1.59. The zero-order valence-corrected chi connectivity index (χ0v) is 16.0. The van der Waals surface area contributed by atoms with Crippen molar-refractivity contribution in [2.45, 2.75) is 33.6 Å². The number of ether oxygens (including phenoxy) is 1. The van der Waals surface area contributed by atoms with Gasteiger partial charge in [-0.1, -0.05) is 13.8 Å². The molecule has 5 nitrogen and oxygen atoms in total. The number of nitriles is 1. The molecule has 0 atom stereocenters. The van der Waals surface area contributed by atoms with E-state index in [1.54, 1.807) is 18.2 Å². The number of hydrogen-bond acceptors (Lipinski definition) is 4. The molecule has 2 aromatic rings. The fourth-order valence-electron chi connectivity index (χ4n) is 2.65. The number of nitrogens with zero attached hydrogens (tertiary/aromatic N) is 1. The summed E-state index contributed by atoms with van der Waals surface area (Å²) < 4.78 is 5.72. The standard InChI is InChI=1S/C22H24N2O3/c1-5-27-21-10-15(4)16(12-20(21)14(2)3)11-17(13-23)22(26)24-18-6-8-19(25)9-7-18/h6-12,14,25H,5H2,1-4H3,(H,24,26). The SMILES string of the molecule is CCOc1cc(C)c(C=C(C#N)C(=O)Nc2ccc(O)cc2)cc1C(C)C. The highest BCUT2D eigenvalue weighted by Gasteiger charge is 2.14. The molecule has 0 aliphatic rings. The summed E-state index contributed by atoms with van der Waals surface area (Å²) in [5.74, 6) is 0.683. The number of hydrogen-bond donors (Lipinski definition) is 2. The maximum absolute atomic E-state index is 12.4. The molecule has 27 heavy (non-hydrogen) atoms. The molecule has 0 heterocycles. The van der Waals surface area contributed by atoms with Gasteiger partial charge in [-0.3, -0.25) is 4.79 Å². The average Bonchev–Trinajstić information content (AvgIpc) is 2.63. The van der Waals surface area contributed by atoms with E-state index in [2.05, 4.69) is 19.2 Å². The molecule has 2 N–H and O–H groups in total. The number of nitrogens with one attached hydrogen (secondary N) is 1. The van der Waals surface area contributed by atoms with Crippen LogP contribution in [-0.2, 0) is 4.79 Å². The van der Waals surface area contributed by atoms with Crippen molar-refractivity contribution in [2.75, 3.05) is 11.9 Å². The van der Waals surface area contributed by atoms with E-state index in [4.69, 9.17) is 4.74 Å². The van der Waals surface area contributed by atoms with Gasteiger partial charge in [0.1, 0.15) is 23.1 Å². The first-order chi connectivity index (χ1) is 12.8. The molecular formula is C22H24N2O3. The summed E-state index contributed by atoms with van der Waals surface area (Å²) in [6.45, 7) is 8.58. The minimum absolute atomic E-state index is 0.00467. The Balaban J connectivity index is 2.36. The molecule has 0 bridgehead atoms. The van der Waals surface area contributed by atoms with Crippen molar-refractivity contribution in [1.82, 2.24) is 0 Å². The molecule has 0 radical (unpaired) electrons. The third-order valence-electron chi connectivity index (χ3n) is 4.11. The van der Waals surface area contributed by atoms with E-state index < -0.39 is 5.91 Å². The molecule has 2 rings (SSSR count). The Bertz CT molecular complexity index is 891. The second-order valence-electron chi connectivity index (χ2n) is 6.51. The molecule has 0 aromatic heterocycles. The number of rotatable bonds is 6. The summed E-state index contributed by atoms with van der Waals surface area (Å²) in [7, 11) is 0. The van der Waals surface area contributed by atoms with E-state index in [0.29, 0.717) is 12.3 Å². The molecule has 2 aromatic carbocycles. The minimum Gasteiger partial charge on any atom is -0.508 e. The number of aryl methyl sites for hydroxylation is 1. The third kappa shape index (κ3) is 5.11. The molecule has 0 fully saturated rings. The minimum atomic E-state index is -0.498. The van der Waals surface area contributed by atoms with Gasteiger partial charge < -0.3 is 15.2 Å². The first-order valence-electron chi connectivity index (χ1n) is 8.85. The van der Waals surface area contributed by atoms with Crippen molar-refractivity contribution in [3.05, 3.63) is 58.7 Å². The highest BCUT2D eigenvalue weighted by Crippen LogP contribution is 2.31. The molecule has 0 unspecified atom stereocenters. The van der Waals surface area contributed by atoms with Crippen LogP contribution in [0.4, 0.5) is 5.69 Å². The van der Waals surface area contributed by atoms with E-state index in [9.17, 15) is 15.2 Å². The lowest BCUT2D eigenvalue weighted by Crippen LogP contribution is -2.13. The Labute approximate surface area is 159 Å². The number of amides is 1. The summed E-state index contributed by atoms with van der Waals surface area (Å²) in [6, 6.07) is 12.0. The van der Waals surface area contributed by atoms with Crippen LogP contribution in [0.3, 0.4) is 0 Å². The number of benzene rings is 2. The van der Waals surface area contributed by atoms with Gasteiger partial charge >= 0.3 is 0 Å². The molecule has 0 saturated carbocycles. The first kappa shape index (κ1) is 20.1. The Kier molecular flexibility index (Phi) is 6.62. The first-order valence-corrected chi connectivity index (χ1v) is 8.85. The summed E-state index contributed by atoms with van der Waals surface area (Å²) in [4.78, 5) is 12.4. The number of anilines is 1. The van der Waals surface area contributed by atoms with Gasteiger partial charge in [0.2, 0.25) is 0 Å². The highest BCUT2D eigenvalue weighted by molar-refractivity contribution is 6.09. The van der Waals surface area contributed by atoms with Crippen LogP contribution in [0.15, 0.2) is 42.0 Å². The number of carbonyl (C=O) groups excluding carboxylic acids is 1. The van der Waals surface area contributed by atoms with Crippen LogP contribution in [0, 0.1) is 18.3 Å². The Morgan fingerprint density at radius 2 is 1.96 bits per heavy atom. The number of aromatic hydroxyl groups is 1. The predicted molar refractivity (Wildman–Crippen MR) is 107 cm³/mol. The number of phenolic OH excluding ortho intramolecular Hbond substituents is 1. The second-order valence-corrected chi connectivity index (χ2v) is 6.51. The normalized spacial score (nSPS) is 11.2. The fraction of sp³-hybridized carbons (Fsp3) is 0.273. The summed E-state index contributed by atoms with van der Waals surface area (Å²) >= 11 is 0. The highest BCUT2D eigenvalue weighted by atomic mass is 16.5. The van der Waals surface area contributed by atoms with Crippen molar-refractivity contribution in [3.8, 4) is 17.6 Å². The maximum atomic E-state index is 12.4. The molecule has 0 aliphatic heterocycles. The van der Waals surface area contributed by atoms with Gasteiger partial charge in [0, 0.05) is 5.69 Å². The maximum Gasteiger partial charge on any atom is 0.266 e. The Hall–Kier alpha value is -3.26. The van der Waals surface area contributed by atoms with E-state index in [1.807, 2.05) is 32.0 Å². The summed E-state index contributed by atoms with van der Waals surface area (Å²) in [5, 5.41) is 21.4. The van der Waals surface area contributed by atoms with Gasteiger partial charge in [-0.05, 0) is 78.9 Å². The second kappa shape index (κ2) is 8.91. The van der Waals surface area contributed by atoms with Gasteiger partial charge in [-0.15, -0.1) is 0 Å². The van der Waals surface area contributed by atoms with E-state index in [1.165, 1.54) is 12.1 Å². The van der Waals surface area contributed by atoms with Crippen LogP contribution in [0.1, 0.15) is 43.4 Å². The van der Waals surface area contributed by atoms with Crippen molar-refractivity contribution in [1.29, 1.82) is 5.26 Å². The third-order valence-corrected chi connectivity index (χ3v) is 4.11. The molecular weight excluding hydrogens is 340 g/mol. The average molecular weight is 364 g/mol. The van der Waals surface area contributed by atoms with Gasteiger partial charge in [-0.2, -0.15) is 5.26 Å². The lowest BCUT2D eigenvalue weighted by molar-refractivity contribution is -0.112. The molecule has 0 aliphatic carbocycles. The molecule has 140 valence electrons. The summed E-state index contributed by atoms with van der Waals surface area (Å²) in [5.41, 5.74) is 3.27. The smallest absolute Gasteiger partial charge is 0.266 e.